The molecule has 0 radical (unpaired) electrons. The molecule has 0 rings (SSSR count). The maximum atomic E-state index is 5.35. The highest BCUT2D eigenvalue weighted by molar-refractivity contribution is 4.61. The largest absolute Gasteiger partial charge is 0.302 e. The summed E-state index contributed by atoms with van der Waals surface area (Å²) in [7, 11) is 1.77. The second kappa shape index (κ2) is 7.34. The van der Waals surface area contributed by atoms with Gasteiger partial charge < -0.3 is 4.84 Å². The second-order valence-corrected chi connectivity index (χ2v) is 4.17. The Morgan fingerprint density at radius 2 is 1.85 bits per heavy atom. The van der Waals surface area contributed by atoms with Gasteiger partial charge in [0.25, 0.3) is 0 Å². The Morgan fingerprint density at radius 3 is 2.23 bits per heavy atom. The third-order valence-corrected chi connectivity index (χ3v) is 2.25. The predicted octanol–water partition coefficient (Wildman–Crippen LogP) is 3.08. The van der Waals surface area contributed by atoms with Crippen molar-refractivity contribution < 1.29 is 4.84 Å². The van der Waals surface area contributed by atoms with Gasteiger partial charge in [-0.15, -0.1) is 0 Å². The van der Waals surface area contributed by atoms with Crippen molar-refractivity contribution in [2.45, 2.75) is 53.0 Å². The fraction of sp³-hybridized carbons (Fsp3) is 1.00. The van der Waals surface area contributed by atoms with Crippen molar-refractivity contribution in [2.24, 2.45) is 5.92 Å². The van der Waals surface area contributed by atoms with Crippen molar-refractivity contribution >= 4 is 0 Å². The summed E-state index contributed by atoms with van der Waals surface area (Å²) in [4.78, 5) is 5.35. The van der Waals surface area contributed by atoms with Crippen LogP contribution in [0.25, 0.3) is 0 Å². The zero-order valence-electron chi connectivity index (χ0n) is 9.84. The van der Waals surface area contributed by atoms with Gasteiger partial charge in [-0.25, -0.2) is 0 Å². The Hall–Kier alpha value is -0.0800. The van der Waals surface area contributed by atoms with Crippen LogP contribution in [-0.2, 0) is 4.84 Å². The van der Waals surface area contributed by atoms with E-state index in [1.54, 1.807) is 7.11 Å². The lowest BCUT2D eigenvalue weighted by Crippen LogP contribution is -2.35. The second-order valence-electron chi connectivity index (χ2n) is 4.17. The lowest BCUT2D eigenvalue weighted by atomic mass is 10.1. The molecule has 1 unspecified atom stereocenters. The van der Waals surface area contributed by atoms with Crippen LogP contribution in [0, 0.1) is 5.92 Å². The molecule has 0 saturated carbocycles. The maximum absolute atomic E-state index is 5.35. The van der Waals surface area contributed by atoms with E-state index >= 15 is 0 Å². The van der Waals surface area contributed by atoms with Gasteiger partial charge in [0.2, 0.25) is 0 Å². The molecule has 80 valence electrons. The van der Waals surface area contributed by atoms with Crippen molar-refractivity contribution in [3.05, 3.63) is 0 Å². The summed E-state index contributed by atoms with van der Waals surface area (Å²) >= 11 is 0. The van der Waals surface area contributed by atoms with E-state index in [1.807, 2.05) is 0 Å². The first-order chi connectivity index (χ1) is 6.11. The first-order valence-electron chi connectivity index (χ1n) is 5.42. The van der Waals surface area contributed by atoms with Gasteiger partial charge >= 0.3 is 0 Å². The van der Waals surface area contributed by atoms with E-state index in [2.05, 4.69) is 32.8 Å². The molecule has 0 heterocycles. The van der Waals surface area contributed by atoms with E-state index in [1.165, 1.54) is 19.3 Å². The van der Waals surface area contributed by atoms with Gasteiger partial charge in [-0.2, -0.15) is 5.06 Å². The number of nitrogens with zero attached hydrogens (tertiary/aromatic N) is 1. The Balaban J connectivity index is 3.77. The van der Waals surface area contributed by atoms with E-state index in [9.17, 15) is 0 Å². The zero-order chi connectivity index (χ0) is 10.3. The monoisotopic (exact) mass is 187 g/mol. The number of hydroxylamine groups is 2. The molecule has 2 nitrogen and oxygen atoms in total. The van der Waals surface area contributed by atoms with Gasteiger partial charge in [0.15, 0.2) is 0 Å². The van der Waals surface area contributed by atoms with Crippen LogP contribution in [-0.4, -0.2) is 24.8 Å². The molecule has 13 heavy (non-hydrogen) atoms. The number of hydrogen-bond donors (Lipinski definition) is 0. The van der Waals surface area contributed by atoms with Crippen LogP contribution in [0.1, 0.15) is 47.0 Å². The minimum atomic E-state index is 0.548. The van der Waals surface area contributed by atoms with Gasteiger partial charge in [-0.1, -0.05) is 33.6 Å². The Kier molecular flexibility index (Phi) is 7.29. The van der Waals surface area contributed by atoms with Crippen molar-refractivity contribution in [2.75, 3.05) is 13.7 Å². The molecule has 1 atom stereocenters. The molecule has 0 aliphatic rings. The summed E-state index contributed by atoms with van der Waals surface area (Å²) in [5, 5.41) is 2.10. The minimum absolute atomic E-state index is 0.548. The van der Waals surface area contributed by atoms with Crippen LogP contribution in [0.5, 0.6) is 0 Å². The molecule has 0 aromatic heterocycles. The molecule has 0 bridgehead atoms. The van der Waals surface area contributed by atoms with Crippen molar-refractivity contribution in [3.8, 4) is 0 Å². The molecule has 0 fully saturated rings. The van der Waals surface area contributed by atoms with E-state index in [0.717, 1.165) is 6.54 Å². The first-order valence-corrected chi connectivity index (χ1v) is 5.42. The Bertz CT molecular complexity index is 115. The maximum Gasteiger partial charge on any atom is 0.0575 e. The highest BCUT2D eigenvalue weighted by atomic mass is 16.7. The molecule has 0 amide bonds. The quantitative estimate of drug-likeness (QED) is 0.568. The summed E-state index contributed by atoms with van der Waals surface area (Å²) in [6.45, 7) is 9.94. The summed E-state index contributed by atoms with van der Waals surface area (Å²) < 4.78 is 0. The highest BCUT2D eigenvalue weighted by Crippen LogP contribution is 2.10. The van der Waals surface area contributed by atoms with Gasteiger partial charge in [-0.05, 0) is 19.3 Å². The predicted molar refractivity (Wildman–Crippen MR) is 57.5 cm³/mol. The third-order valence-electron chi connectivity index (χ3n) is 2.25. The van der Waals surface area contributed by atoms with Gasteiger partial charge in [0.05, 0.1) is 7.11 Å². The Morgan fingerprint density at radius 1 is 1.23 bits per heavy atom. The molecule has 0 aromatic carbocycles. The first kappa shape index (κ1) is 12.9. The number of hydrogen-bond acceptors (Lipinski definition) is 2. The summed E-state index contributed by atoms with van der Waals surface area (Å²) in [6.07, 6.45) is 3.79. The SMILES string of the molecule is CCCCC(C)N(CC(C)C)OC. The van der Waals surface area contributed by atoms with Gasteiger partial charge in [-0.3, -0.25) is 0 Å². The van der Waals surface area contributed by atoms with E-state index < -0.39 is 0 Å². The average Bonchev–Trinajstić information content (AvgIpc) is 2.09. The number of unbranched alkanes of at least 4 members (excludes halogenated alkanes) is 1. The fourth-order valence-corrected chi connectivity index (χ4v) is 1.44. The molecule has 0 aliphatic heterocycles. The molecular weight excluding hydrogens is 162 g/mol. The van der Waals surface area contributed by atoms with Crippen molar-refractivity contribution in [1.82, 2.24) is 5.06 Å². The molecule has 0 N–H and O–H groups in total. The highest BCUT2D eigenvalue weighted by Gasteiger charge is 2.13. The normalized spacial score (nSPS) is 14.1. The van der Waals surface area contributed by atoms with Crippen LogP contribution in [0.2, 0.25) is 0 Å². The fourth-order valence-electron chi connectivity index (χ4n) is 1.44. The smallest absolute Gasteiger partial charge is 0.0575 e. The van der Waals surface area contributed by atoms with Crippen LogP contribution >= 0.6 is 0 Å². The van der Waals surface area contributed by atoms with Crippen LogP contribution < -0.4 is 0 Å². The van der Waals surface area contributed by atoms with Gasteiger partial charge in [0, 0.05) is 12.6 Å². The van der Waals surface area contributed by atoms with E-state index in [0.29, 0.717) is 12.0 Å². The van der Waals surface area contributed by atoms with Crippen LogP contribution in [0.4, 0.5) is 0 Å². The third kappa shape index (κ3) is 6.05. The van der Waals surface area contributed by atoms with Crippen molar-refractivity contribution in [1.29, 1.82) is 0 Å². The molecule has 2 heteroatoms. The lowest BCUT2D eigenvalue weighted by Gasteiger charge is -2.28. The van der Waals surface area contributed by atoms with E-state index in [-0.39, 0.29) is 0 Å². The summed E-state index contributed by atoms with van der Waals surface area (Å²) in [6, 6.07) is 0.548. The zero-order valence-corrected chi connectivity index (χ0v) is 9.84. The minimum Gasteiger partial charge on any atom is -0.302 e. The topological polar surface area (TPSA) is 12.5 Å². The molecule has 0 aromatic rings. The van der Waals surface area contributed by atoms with Crippen LogP contribution in [0.3, 0.4) is 0 Å². The Labute approximate surface area is 83.2 Å². The molecule has 0 saturated heterocycles. The average molecular weight is 187 g/mol. The van der Waals surface area contributed by atoms with Crippen LogP contribution in [0.15, 0.2) is 0 Å². The summed E-state index contributed by atoms with van der Waals surface area (Å²) in [5.74, 6) is 0.670. The summed E-state index contributed by atoms with van der Waals surface area (Å²) in [5.41, 5.74) is 0. The molecule has 0 spiro atoms. The van der Waals surface area contributed by atoms with E-state index in [4.69, 9.17) is 4.84 Å². The molecular formula is C11H25NO. The molecule has 0 aliphatic carbocycles. The lowest BCUT2D eigenvalue weighted by molar-refractivity contribution is -0.165. The number of rotatable bonds is 7. The van der Waals surface area contributed by atoms with Gasteiger partial charge in [0.1, 0.15) is 0 Å². The van der Waals surface area contributed by atoms with Crippen molar-refractivity contribution in [3.63, 3.8) is 0 Å². The standard InChI is InChI=1S/C11H25NO/c1-6-7-8-11(4)12(13-5)9-10(2)3/h10-11H,6-9H2,1-5H3.